The second-order valence-electron chi connectivity index (χ2n) is 9.07. The van der Waals surface area contributed by atoms with Crippen LogP contribution < -0.4 is 16.4 Å². The second-order valence-corrected chi connectivity index (χ2v) is 9.07. The molecule has 0 saturated heterocycles. The van der Waals surface area contributed by atoms with Gasteiger partial charge in [-0.1, -0.05) is 30.3 Å². The first-order chi connectivity index (χ1) is 18.4. The van der Waals surface area contributed by atoms with Crippen LogP contribution in [-0.4, -0.2) is 28.6 Å². The molecule has 2 aromatic carbocycles. The Labute approximate surface area is 216 Å². The minimum Gasteiger partial charge on any atom is -0.392 e. The summed E-state index contributed by atoms with van der Waals surface area (Å²) in [6.45, 7) is 1.47. The molecular formula is C29H24N6O3. The van der Waals surface area contributed by atoms with Crippen molar-refractivity contribution in [1.82, 2.24) is 23.5 Å². The first-order valence-corrected chi connectivity index (χ1v) is 12.1. The number of benzene rings is 2. The molecule has 9 nitrogen and oxygen atoms in total. The highest BCUT2D eigenvalue weighted by atomic mass is 16.3. The summed E-state index contributed by atoms with van der Waals surface area (Å²) in [6.07, 6.45) is 6.90. The molecule has 0 spiro atoms. The minimum atomic E-state index is -0.303. The summed E-state index contributed by atoms with van der Waals surface area (Å²) in [5.74, 6) is 1.08. The molecule has 0 aliphatic rings. The third kappa shape index (κ3) is 3.86. The van der Waals surface area contributed by atoms with Gasteiger partial charge >= 0.3 is 0 Å². The van der Waals surface area contributed by atoms with Gasteiger partial charge < -0.3 is 19.4 Å². The van der Waals surface area contributed by atoms with Crippen LogP contribution in [0.15, 0.2) is 95.0 Å². The number of para-hydroxylation sites is 1. The number of aliphatic hydroxyl groups is 1. The predicted molar refractivity (Wildman–Crippen MR) is 147 cm³/mol. The van der Waals surface area contributed by atoms with Gasteiger partial charge in [0.25, 0.3) is 11.1 Å². The SMILES string of the molecule is Cc1nccc(Nc2cc(-c3cccc(-n4ccn5c(cc6ccccc65)c4=O)c3CO)cn(C)c2=O)n1. The minimum absolute atomic E-state index is 0.197. The van der Waals surface area contributed by atoms with E-state index in [1.165, 1.54) is 4.57 Å². The van der Waals surface area contributed by atoms with E-state index in [2.05, 4.69) is 15.3 Å². The van der Waals surface area contributed by atoms with Gasteiger partial charge in [-0.15, -0.1) is 0 Å². The first-order valence-electron chi connectivity index (χ1n) is 12.1. The summed E-state index contributed by atoms with van der Waals surface area (Å²) in [4.78, 5) is 34.9. The Morgan fingerprint density at radius 1 is 0.947 bits per heavy atom. The lowest BCUT2D eigenvalue weighted by Crippen LogP contribution is -2.21. The summed E-state index contributed by atoms with van der Waals surface area (Å²) >= 11 is 0. The maximum Gasteiger partial charge on any atom is 0.279 e. The van der Waals surface area contributed by atoms with Crippen LogP contribution in [0.25, 0.3) is 33.2 Å². The van der Waals surface area contributed by atoms with Crippen molar-refractivity contribution in [3.8, 4) is 16.8 Å². The molecule has 6 rings (SSSR count). The van der Waals surface area contributed by atoms with Gasteiger partial charge in [-0.2, -0.15) is 0 Å². The van der Waals surface area contributed by atoms with Gasteiger partial charge in [0, 0.05) is 48.3 Å². The molecule has 0 fully saturated rings. The number of nitrogens with one attached hydrogen (secondary N) is 1. The van der Waals surface area contributed by atoms with Gasteiger partial charge in [-0.25, -0.2) is 9.97 Å². The molecule has 0 radical (unpaired) electrons. The van der Waals surface area contributed by atoms with Crippen LogP contribution in [0.2, 0.25) is 0 Å². The van der Waals surface area contributed by atoms with Crippen LogP contribution in [0.5, 0.6) is 0 Å². The standard InChI is InChI=1S/C29H24N6O3/c1-18-30-11-10-27(31-18)32-23-14-20(16-33(2)28(23)37)21-7-5-9-25(22(21)17-36)35-13-12-34-24-8-4-3-6-19(24)15-26(34)29(35)38/h3-16,36H,17H2,1-2H3,(H,30,31,32). The van der Waals surface area contributed by atoms with E-state index in [9.17, 15) is 14.7 Å². The topological polar surface area (TPSA) is 106 Å². The Hall–Kier alpha value is -5.02. The lowest BCUT2D eigenvalue weighted by Gasteiger charge is -2.17. The molecule has 4 aromatic heterocycles. The maximum atomic E-state index is 13.6. The number of aryl methyl sites for hydroxylation is 2. The van der Waals surface area contributed by atoms with E-state index in [-0.39, 0.29) is 17.7 Å². The maximum absolute atomic E-state index is 13.6. The number of hydrogen-bond donors (Lipinski definition) is 2. The Morgan fingerprint density at radius 3 is 2.61 bits per heavy atom. The first kappa shape index (κ1) is 23.4. The largest absolute Gasteiger partial charge is 0.392 e. The van der Waals surface area contributed by atoms with Crippen LogP contribution in [0.1, 0.15) is 11.4 Å². The summed E-state index contributed by atoms with van der Waals surface area (Å²) in [7, 11) is 1.67. The van der Waals surface area contributed by atoms with Crippen molar-refractivity contribution in [2.24, 2.45) is 7.05 Å². The fourth-order valence-electron chi connectivity index (χ4n) is 4.86. The summed E-state index contributed by atoms with van der Waals surface area (Å²) in [6, 6.07) is 18.6. The second kappa shape index (κ2) is 9.13. The summed E-state index contributed by atoms with van der Waals surface area (Å²) in [5, 5.41) is 14.5. The van der Waals surface area contributed by atoms with Crippen molar-refractivity contribution in [1.29, 1.82) is 0 Å². The zero-order valence-electron chi connectivity index (χ0n) is 20.8. The lowest BCUT2D eigenvalue weighted by atomic mass is 9.99. The molecule has 0 bridgehead atoms. The normalized spacial score (nSPS) is 11.3. The summed E-state index contributed by atoms with van der Waals surface area (Å²) in [5.41, 5.74) is 3.93. The van der Waals surface area contributed by atoms with E-state index >= 15 is 0 Å². The molecule has 0 aliphatic carbocycles. The van der Waals surface area contributed by atoms with Crippen molar-refractivity contribution in [3.05, 3.63) is 118 Å². The molecule has 38 heavy (non-hydrogen) atoms. The van der Waals surface area contributed by atoms with Gasteiger partial charge in [-0.3, -0.25) is 14.2 Å². The van der Waals surface area contributed by atoms with Crippen molar-refractivity contribution in [2.45, 2.75) is 13.5 Å². The molecule has 2 N–H and O–H groups in total. The summed E-state index contributed by atoms with van der Waals surface area (Å²) < 4.78 is 4.90. The number of aliphatic hydroxyl groups excluding tert-OH is 1. The number of anilines is 2. The quantitative estimate of drug-likeness (QED) is 0.368. The number of nitrogens with zero attached hydrogens (tertiary/aromatic N) is 5. The Balaban J connectivity index is 1.50. The number of fused-ring (bicyclic) bond motifs is 3. The van der Waals surface area contributed by atoms with Crippen LogP contribution >= 0.6 is 0 Å². The van der Waals surface area contributed by atoms with Crippen LogP contribution in [0, 0.1) is 6.92 Å². The molecular weight excluding hydrogens is 480 g/mol. The van der Waals surface area contributed by atoms with Crippen molar-refractivity contribution in [2.75, 3.05) is 5.32 Å². The predicted octanol–water partition coefficient (Wildman–Crippen LogP) is 3.94. The third-order valence-corrected chi connectivity index (χ3v) is 6.65. The number of pyridine rings is 1. The molecule has 4 heterocycles. The highest BCUT2D eigenvalue weighted by Crippen LogP contribution is 2.30. The molecule has 0 saturated carbocycles. The third-order valence-electron chi connectivity index (χ3n) is 6.65. The van der Waals surface area contributed by atoms with Crippen LogP contribution in [0.3, 0.4) is 0 Å². The smallest absolute Gasteiger partial charge is 0.279 e. The fourth-order valence-corrected chi connectivity index (χ4v) is 4.86. The van der Waals surface area contributed by atoms with E-state index < -0.39 is 0 Å². The molecule has 0 aliphatic heterocycles. The van der Waals surface area contributed by atoms with Crippen molar-refractivity contribution in [3.63, 3.8) is 0 Å². The number of hydrogen-bond acceptors (Lipinski definition) is 6. The van der Waals surface area contributed by atoms with E-state index in [1.807, 2.05) is 53.1 Å². The van der Waals surface area contributed by atoms with Crippen LogP contribution in [0.4, 0.5) is 11.5 Å². The zero-order valence-corrected chi connectivity index (χ0v) is 20.8. The Morgan fingerprint density at radius 2 is 1.79 bits per heavy atom. The lowest BCUT2D eigenvalue weighted by molar-refractivity contribution is 0.282. The Bertz CT molecular complexity index is 1970. The van der Waals surface area contributed by atoms with E-state index in [1.54, 1.807) is 55.3 Å². The molecule has 6 aromatic rings. The van der Waals surface area contributed by atoms with Gasteiger partial charge in [-0.05, 0) is 42.8 Å². The van der Waals surface area contributed by atoms with Gasteiger partial charge in [0.2, 0.25) is 0 Å². The highest BCUT2D eigenvalue weighted by Gasteiger charge is 2.16. The molecule has 188 valence electrons. The van der Waals surface area contributed by atoms with Crippen molar-refractivity contribution < 1.29 is 5.11 Å². The van der Waals surface area contributed by atoms with Gasteiger partial charge in [0.05, 0.1) is 17.8 Å². The van der Waals surface area contributed by atoms with E-state index in [4.69, 9.17) is 0 Å². The zero-order chi connectivity index (χ0) is 26.4. The van der Waals surface area contributed by atoms with Crippen LogP contribution in [-0.2, 0) is 13.7 Å². The average molecular weight is 505 g/mol. The Kier molecular flexibility index (Phi) is 5.62. The van der Waals surface area contributed by atoms with E-state index in [0.717, 1.165) is 10.9 Å². The molecule has 9 heteroatoms. The number of aromatic nitrogens is 5. The number of rotatable bonds is 5. The highest BCUT2D eigenvalue weighted by molar-refractivity contribution is 5.87. The average Bonchev–Trinajstić information content (AvgIpc) is 3.31. The molecule has 0 amide bonds. The molecule has 0 unspecified atom stereocenters. The molecule has 0 atom stereocenters. The van der Waals surface area contributed by atoms with Gasteiger partial charge in [0.1, 0.15) is 22.8 Å². The fraction of sp³-hybridized carbons (Fsp3) is 0.103. The van der Waals surface area contributed by atoms with Gasteiger partial charge in [0.15, 0.2) is 0 Å². The monoisotopic (exact) mass is 504 g/mol. The van der Waals surface area contributed by atoms with Crippen molar-refractivity contribution >= 4 is 27.9 Å². The van der Waals surface area contributed by atoms with E-state index in [0.29, 0.717) is 45.2 Å².